The van der Waals surface area contributed by atoms with Gasteiger partial charge in [0.2, 0.25) is 0 Å². The summed E-state index contributed by atoms with van der Waals surface area (Å²) in [6, 6.07) is 16.5. The average Bonchev–Trinajstić information content (AvgIpc) is 2.91. The minimum atomic E-state index is -0.509. The summed E-state index contributed by atoms with van der Waals surface area (Å²) < 4.78 is 16.5. The molecular weight excluding hydrogens is 484 g/mol. The van der Waals surface area contributed by atoms with E-state index < -0.39 is 6.09 Å². The molecule has 1 heterocycles. The summed E-state index contributed by atoms with van der Waals surface area (Å²) in [5.41, 5.74) is 7.07. The SMILES string of the molecule is COC(=O)NCCOC(c1cccc(Cl)c1)C1CCCN(C(=O)NCC(N)COc2ccccc2)C1. The Morgan fingerprint density at radius 1 is 1.17 bits per heavy atom. The number of carbonyl (C=O) groups excluding carboxylic acids is 2. The van der Waals surface area contributed by atoms with E-state index in [-0.39, 0.29) is 24.1 Å². The number of piperidine rings is 1. The van der Waals surface area contributed by atoms with E-state index in [1.54, 1.807) is 4.90 Å². The lowest BCUT2D eigenvalue weighted by Gasteiger charge is -2.37. The van der Waals surface area contributed by atoms with Gasteiger partial charge in [-0.1, -0.05) is 41.9 Å². The number of urea groups is 1. The minimum Gasteiger partial charge on any atom is -0.492 e. The van der Waals surface area contributed by atoms with Crippen LogP contribution in [-0.2, 0) is 9.47 Å². The van der Waals surface area contributed by atoms with Crippen molar-refractivity contribution in [2.75, 3.05) is 46.5 Å². The number of hydrogen-bond acceptors (Lipinski definition) is 6. The van der Waals surface area contributed by atoms with E-state index in [1.807, 2.05) is 54.6 Å². The van der Waals surface area contributed by atoms with Gasteiger partial charge in [-0.3, -0.25) is 0 Å². The number of ether oxygens (including phenoxy) is 3. The number of methoxy groups -OCH3 is 1. The first-order chi connectivity index (χ1) is 17.5. The van der Waals surface area contributed by atoms with Gasteiger partial charge in [-0.05, 0) is 42.7 Å². The summed E-state index contributed by atoms with van der Waals surface area (Å²) in [4.78, 5) is 26.0. The van der Waals surface area contributed by atoms with Crippen LogP contribution in [0, 0.1) is 5.92 Å². The van der Waals surface area contributed by atoms with Gasteiger partial charge >= 0.3 is 12.1 Å². The molecule has 36 heavy (non-hydrogen) atoms. The Labute approximate surface area is 217 Å². The topological polar surface area (TPSA) is 115 Å². The predicted molar refractivity (Wildman–Crippen MR) is 138 cm³/mol. The Balaban J connectivity index is 1.53. The average molecular weight is 519 g/mol. The molecule has 2 aromatic carbocycles. The van der Waals surface area contributed by atoms with Crippen molar-refractivity contribution in [2.45, 2.75) is 25.0 Å². The van der Waals surface area contributed by atoms with Gasteiger partial charge in [0.1, 0.15) is 12.4 Å². The monoisotopic (exact) mass is 518 g/mol. The molecule has 10 heteroatoms. The highest BCUT2D eigenvalue weighted by Crippen LogP contribution is 2.34. The van der Waals surface area contributed by atoms with Gasteiger partial charge in [-0.25, -0.2) is 9.59 Å². The van der Waals surface area contributed by atoms with E-state index in [4.69, 9.17) is 26.8 Å². The van der Waals surface area contributed by atoms with Crippen LogP contribution in [0.25, 0.3) is 0 Å². The lowest BCUT2D eigenvalue weighted by molar-refractivity contribution is -0.00849. The van der Waals surface area contributed by atoms with Crippen LogP contribution in [0.5, 0.6) is 5.75 Å². The molecule has 0 spiro atoms. The number of carbonyl (C=O) groups is 2. The van der Waals surface area contributed by atoms with E-state index in [0.717, 1.165) is 24.2 Å². The van der Waals surface area contributed by atoms with Crippen molar-refractivity contribution < 1.29 is 23.8 Å². The predicted octanol–water partition coefficient (Wildman–Crippen LogP) is 3.58. The van der Waals surface area contributed by atoms with Gasteiger partial charge in [-0.15, -0.1) is 0 Å². The maximum Gasteiger partial charge on any atom is 0.406 e. The Hall–Kier alpha value is -3.01. The minimum absolute atomic E-state index is 0.0659. The quantitative estimate of drug-likeness (QED) is 0.392. The van der Waals surface area contributed by atoms with E-state index in [0.29, 0.717) is 44.4 Å². The van der Waals surface area contributed by atoms with Gasteiger partial charge in [0.05, 0.1) is 25.9 Å². The van der Waals surface area contributed by atoms with Crippen molar-refractivity contribution >= 4 is 23.7 Å². The molecule has 0 aliphatic carbocycles. The summed E-state index contributed by atoms with van der Waals surface area (Å²) >= 11 is 6.24. The fourth-order valence-electron chi connectivity index (χ4n) is 4.15. The number of para-hydroxylation sites is 1. The number of benzene rings is 2. The van der Waals surface area contributed by atoms with Crippen molar-refractivity contribution in [3.63, 3.8) is 0 Å². The number of rotatable bonds is 11. The maximum atomic E-state index is 12.9. The van der Waals surface area contributed by atoms with E-state index in [2.05, 4.69) is 15.4 Å². The molecule has 3 amide bonds. The molecule has 3 atom stereocenters. The second kappa shape index (κ2) is 14.5. The third kappa shape index (κ3) is 8.89. The molecular formula is C26H35ClN4O5. The number of amides is 3. The number of nitrogens with one attached hydrogen (secondary N) is 2. The van der Waals surface area contributed by atoms with Gasteiger partial charge < -0.3 is 35.5 Å². The molecule has 1 saturated heterocycles. The van der Waals surface area contributed by atoms with Crippen LogP contribution in [0.2, 0.25) is 5.02 Å². The number of hydrogen-bond donors (Lipinski definition) is 3. The van der Waals surface area contributed by atoms with Gasteiger partial charge in [0.25, 0.3) is 0 Å². The molecule has 1 aliphatic rings. The summed E-state index contributed by atoms with van der Waals surface area (Å²) in [6.45, 7) is 2.40. The fraction of sp³-hybridized carbons (Fsp3) is 0.462. The molecule has 196 valence electrons. The van der Waals surface area contributed by atoms with Crippen LogP contribution >= 0.6 is 11.6 Å². The number of nitrogens with two attached hydrogens (primary N) is 1. The Bertz CT molecular complexity index is 964. The molecule has 2 aromatic rings. The van der Waals surface area contributed by atoms with E-state index >= 15 is 0 Å². The molecule has 1 aliphatic heterocycles. The van der Waals surface area contributed by atoms with E-state index in [9.17, 15) is 9.59 Å². The first kappa shape index (κ1) is 27.6. The zero-order valence-corrected chi connectivity index (χ0v) is 21.3. The second-order valence-electron chi connectivity index (χ2n) is 8.68. The lowest BCUT2D eigenvalue weighted by atomic mass is 9.88. The van der Waals surface area contributed by atoms with Crippen molar-refractivity contribution in [3.8, 4) is 5.75 Å². The normalized spacial score (nSPS) is 17.1. The zero-order chi connectivity index (χ0) is 25.8. The molecule has 9 nitrogen and oxygen atoms in total. The van der Waals surface area contributed by atoms with Crippen LogP contribution in [0.1, 0.15) is 24.5 Å². The fourth-order valence-corrected chi connectivity index (χ4v) is 4.35. The molecule has 3 rings (SSSR count). The number of nitrogens with zero attached hydrogens (tertiary/aromatic N) is 1. The highest BCUT2D eigenvalue weighted by molar-refractivity contribution is 6.30. The van der Waals surface area contributed by atoms with Crippen molar-refractivity contribution in [3.05, 3.63) is 65.2 Å². The van der Waals surface area contributed by atoms with Crippen LogP contribution in [0.15, 0.2) is 54.6 Å². The highest BCUT2D eigenvalue weighted by Gasteiger charge is 2.31. The first-order valence-electron chi connectivity index (χ1n) is 12.1. The van der Waals surface area contributed by atoms with Crippen LogP contribution in [0.3, 0.4) is 0 Å². The third-order valence-electron chi connectivity index (χ3n) is 5.93. The molecule has 3 unspecified atom stereocenters. The summed E-state index contributed by atoms with van der Waals surface area (Å²) in [6.07, 6.45) is 0.962. The van der Waals surface area contributed by atoms with Crippen molar-refractivity contribution in [1.29, 1.82) is 0 Å². The Morgan fingerprint density at radius 3 is 2.72 bits per heavy atom. The van der Waals surface area contributed by atoms with Crippen LogP contribution in [0.4, 0.5) is 9.59 Å². The summed E-state index contributed by atoms with van der Waals surface area (Å²) in [7, 11) is 1.32. The number of halogens is 1. The molecule has 0 radical (unpaired) electrons. The van der Waals surface area contributed by atoms with Gasteiger partial charge in [0.15, 0.2) is 0 Å². The van der Waals surface area contributed by atoms with Crippen molar-refractivity contribution in [2.24, 2.45) is 11.7 Å². The van der Waals surface area contributed by atoms with Crippen LogP contribution in [-0.4, -0.2) is 69.6 Å². The number of alkyl carbamates (subject to hydrolysis) is 1. The van der Waals surface area contributed by atoms with E-state index in [1.165, 1.54) is 7.11 Å². The standard InChI is InChI=1S/C26H35ClN4O5/c1-34-26(33)29-12-14-35-24(19-7-5-9-21(27)15-19)20-8-6-13-31(17-20)25(32)30-16-22(28)18-36-23-10-3-2-4-11-23/h2-5,7,9-11,15,20,22,24H,6,8,12-14,16-18,28H2,1H3,(H,29,33)(H,30,32). The zero-order valence-electron chi connectivity index (χ0n) is 20.5. The summed E-state index contributed by atoms with van der Waals surface area (Å²) in [5.74, 6) is 0.808. The summed E-state index contributed by atoms with van der Waals surface area (Å²) in [5, 5.41) is 6.16. The molecule has 0 aromatic heterocycles. The molecule has 4 N–H and O–H groups in total. The van der Waals surface area contributed by atoms with Gasteiger partial charge in [0, 0.05) is 37.1 Å². The smallest absolute Gasteiger partial charge is 0.406 e. The Kier molecular flexibility index (Phi) is 11.1. The largest absolute Gasteiger partial charge is 0.492 e. The molecule has 1 fully saturated rings. The van der Waals surface area contributed by atoms with Crippen LogP contribution < -0.4 is 21.1 Å². The highest BCUT2D eigenvalue weighted by atomic mass is 35.5. The van der Waals surface area contributed by atoms with Gasteiger partial charge in [-0.2, -0.15) is 0 Å². The number of likely N-dealkylation sites (tertiary alicyclic amines) is 1. The van der Waals surface area contributed by atoms with Crippen molar-refractivity contribution in [1.82, 2.24) is 15.5 Å². The maximum absolute atomic E-state index is 12.9. The lowest BCUT2D eigenvalue weighted by Crippen LogP contribution is -2.50. The molecule has 0 saturated carbocycles. The first-order valence-corrected chi connectivity index (χ1v) is 12.5. The second-order valence-corrected chi connectivity index (χ2v) is 9.12. The molecule has 0 bridgehead atoms. The third-order valence-corrected chi connectivity index (χ3v) is 6.16. The Morgan fingerprint density at radius 2 is 1.97 bits per heavy atom.